The molecule has 2 rings (SSSR count). The lowest BCUT2D eigenvalue weighted by molar-refractivity contribution is -0.117. The van der Waals surface area contributed by atoms with Gasteiger partial charge in [0.25, 0.3) is 0 Å². The molecule has 1 saturated heterocycles. The van der Waals surface area contributed by atoms with E-state index < -0.39 is 15.3 Å². The number of methoxy groups -OCH3 is 1. The minimum atomic E-state index is -3.78. The topological polar surface area (TPSA) is 89.7 Å². The van der Waals surface area contributed by atoms with Gasteiger partial charge in [-0.15, -0.1) is 0 Å². The molecule has 0 aliphatic carbocycles. The van der Waals surface area contributed by atoms with Gasteiger partial charge in [0.05, 0.1) is 22.8 Å². The number of halogens is 2. The van der Waals surface area contributed by atoms with E-state index in [9.17, 15) is 13.2 Å². The molecule has 1 atom stereocenters. The molecule has 0 spiro atoms. The second kappa shape index (κ2) is 5.40. The van der Waals surface area contributed by atoms with Gasteiger partial charge in [0.15, 0.2) is 0 Å². The van der Waals surface area contributed by atoms with Crippen LogP contribution in [0.15, 0.2) is 12.1 Å². The summed E-state index contributed by atoms with van der Waals surface area (Å²) in [5.74, 6) is -0.0202. The Bertz CT molecular complexity index is 663. The number of amides is 1. The molecule has 2 N–H and O–H groups in total. The van der Waals surface area contributed by atoms with Gasteiger partial charge in [0.2, 0.25) is 15.9 Å². The Morgan fingerprint density at radius 3 is 2.50 bits per heavy atom. The number of rotatable bonds is 3. The molecule has 1 aromatic rings. The number of nitrogens with zero attached hydrogens (tertiary/aromatic N) is 1. The Balaban J connectivity index is 2.40. The monoisotopic (exact) mass is 338 g/mol. The molecule has 0 bridgehead atoms. The molecule has 1 unspecified atom stereocenters. The number of hydrogen-bond acceptors (Lipinski definition) is 4. The van der Waals surface area contributed by atoms with Crippen molar-refractivity contribution in [3.8, 4) is 5.75 Å². The minimum Gasteiger partial charge on any atom is -0.495 e. The number of anilines is 1. The third kappa shape index (κ3) is 2.85. The summed E-state index contributed by atoms with van der Waals surface area (Å²) in [6, 6.07) is 2.93. The van der Waals surface area contributed by atoms with Gasteiger partial charge >= 0.3 is 0 Å². The van der Waals surface area contributed by atoms with Gasteiger partial charge in [-0.1, -0.05) is 23.2 Å². The molecule has 1 aliphatic heterocycles. The standard InChI is InChI=1S/C11H12Cl2N2O4S/c1-19-10-4-9(7(12)3-8(10)13)15-5-6(2-11(15)16)20(14,17)18/h3-4,6H,2,5H2,1H3,(H2,14,17,18). The van der Waals surface area contributed by atoms with Crippen molar-refractivity contribution in [2.24, 2.45) is 5.14 Å². The van der Waals surface area contributed by atoms with Crippen LogP contribution in [0.25, 0.3) is 0 Å². The number of hydrogen-bond donors (Lipinski definition) is 1. The largest absolute Gasteiger partial charge is 0.495 e. The summed E-state index contributed by atoms with van der Waals surface area (Å²) in [4.78, 5) is 13.2. The molecule has 110 valence electrons. The van der Waals surface area contributed by atoms with E-state index in [-0.39, 0.29) is 23.9 Å². The fourth-order valence-corrected chi connectivity index (χ4v) is 3.30. The van der Waals surface area contributed by atoms with E-state index in [0.717, 1.165) is 0 Å². The highest BCUT2D eigenvalue weighted by Crippen LogP contribution is 2.38. The maximum Gasteiger partial charge on any atom is 0.228 e. The zero-order chi connectivity index (χ0) is 15.1. The van der Waals surface area contributed by atoms with E-state index in [1.54, 1.807) is 0 Å². The first kappa shape index (κ1) is 15.4. The van der Waals surface area contributed by atoms with Gasteiger partial charge in [-0.25, -0.2) is 13.6 Å². The predicted octanol–water partition coefficient (Wildman–Crippen LogP) is 1.40. The zero-order valence-corrected chi connectivity index (χ0v) is 12.8. The maximum atomic E-state index is 11.9. The number of primary sulfonamides is 1. The van der Waals surface area contributed by atoms with E-state index in [1.807, 2.05) is 0 Å². The first-order valence-electron chi connectivity index (χ1n) is 5.59. The molecule has 0 radical (unpaired) electrons. The fourth-order valence-electron chi connectivity index (χ4n) is 2.01. The first-order chi connectivity index (χ1) is 9.24. The van der Waals surface area contributed by atoms with Crippen LogP contribution in [0.1, 0.15) is 6.42 Å². The maximum absolute atomic E-state index is 11.9. The van der Waals surface area contributed by atoms with E-state index in [0.29, 0.717) is 16.5 Å². The van der Waals surface area contributed by atoms with Crippen LogP contribution in [-0.4, -0.2) is 33.2 Å². The van der Waals surface area contributed by atoms with Crippen LogP contribution in [-0.2, 0) is 14.8 Å². The third-order valence-electron chi connectivity index (χ3n) is 3.07. The zero-order valence-electron chi connectivity index (χ0n) is 10.5. The molecule has 6 nitrogen and oxygen atoms in total. The fraction of sp³-hybridized carbons (Fsp3) is 0.364. The molecule has 0 aromatic heterocycles. The van der Waals surface area contributed by atoms with Crippen molar-refractivity contribution in [3.05, 3.63) is 22.2 Å². The summed E-state index contributed by atoms with van der Waals surface area (Å²) >= 11 is 12.0. The highest BCUT2D eigenvalue weighted by Gasteiger charge is 2.38. The Morgan fingerprint density at radius 2 is 2.00 bits per heavy atom. The summed E-state index contributed by atoms with van der Waals surface area (Å²) < 4.78 is 27.7. The third-order valence-corrected chi connectivity index (χ3v) is 4.91. The molecule has 20 heavy (non-hydrogen) atoms. The molecule has 1 aromatic carbocycles. The van der Waals surface area contributed by atoms with E-state index in [4.69, 9.17) is 33.1 Å². The Morgan fingerprint density at radius 1 is 1.35 bits per heavy atom. The van der Waals surface area contributed by atoms with Crippen LogP contribution in [0.3, 0.4) is 0 Å². The quantitative estimate of drug-likeness (QED) is 0.901. The van der Waals surface area contributed by atoms with Crippen LogP contribution < -0.4 is 14.8 Å². The average molecular weight is 339 g/mol. The summed E-state index contributed by atoms with van der Waals surface area (Å²) in [5.41, 5.74) is 0.351. The molecular weight excluding hydrogens is 327 g/mol. The highest BCUT2D eigenvalue weighted by atomic mass is 35.5. The van der Waals surface area contributed by atoms with E-state index >= 15 is 0 Å². The number of carbonyl (C=O) groups excluding carboxylic acids is 1. The minimum absolute atomic E-state index is 0.0395. The molecule has 1 heterocycles. The van der Waals surface area contributed by atoms with Crippen molar-refractivity contribution < 1.29 is 17.9 Å². The van der Waals surface area contributed by atoms with Gasteiger partial charge in [0.1, 0.15) is 11.0 Å². The number of benzene rings is 1. The lowest BCUT2D eigenvalue weighted by Crippen LogP contribution is -2.32. The van der Waals surface area contributed by atoms with Crippen LogP contribution in [0, 0.1) is 0 Å². The second-order valence-corrected chi connectivity index (χ2v) is 7.02. The highest BCUT2D eigenvalue weighted by molar-refractivity contribution is 7.89. The molecule has 1 fully saturated rings. The number of nitrogens with two attached hydrogens (primary N) is 1. The molecule has 9 heteroatoms. The second-order valence-electron chi connectivity index (χ2n) is 4.36. The van der Waals surface area contributed by atoms with E-state index in [1.165, 1.54) is 24.1 Å². The molecule has 1 aliphatic rings. The van der Waals surface area contributed by atoms with Gasteiger partial charge in [0, 0.05) is 19.0 Å². The normalized spacial score (nSPS) is 19.5. The summed E-state index contributed by atoms with van der Waals surface area (Å²) in [6.07, 6.45) is -0.167. The van der Waals surface area contributed by atoms with Crippen molar-refractivity contribution in [2.45, 2.75) is 11.7 Å². The van der Waals surface area contributed by atoms with Crippen molar-refractivity contribution in [1.29, 1.82) is 0 Å². The van der Waals surface area contributed by atoms with Crippen molar-refractivity contribution in [1.82, 2.24) is 0 Å². The lowest BCUT2D eigenvalue weighted by atomic mass is 10.2. The first-order valence-corrected chi connectivity index (χ1v) is 7.95. The number of carbonyl (C=O) groups is 1. The van der Waals surface area contributed by atoms with E-state index in [2.05, 4.69) is 0 Å². The number of sulfonamides is 1. The predicted molar refractivity (Wildman–Crippen MR) is 76.9 cm³/mol. The summed E-state index contributed by atoms with van der Waals surface area (Å²) in [5, 5.41) is 4.68. The Kier molecular flexibility index (Phi) is 4.15. The van der Waals surface area contributed by atoms with Crippen LogP contribution >= 0.6 is 23.2 Å². The molecular formula is C11H12Cl2N2O4S. The summed E-state index contributed by atoms with van der Waals surface area (Å²) in [6.45, 7) is -0.0395. The van der Waals surface area contributed by atoms with Gasteiger partial charge in [-0.3, -0.25) is 4.79 Å². The Hall–Kier alpha value is -1.02. The average Bonchev–Trinajstić information content (AvgIpc) is 2.71. The van der Waals surface area contributed by atoms with Crippen LogP contribution in [0.5, 0.6) is 5.75 Å². The molecule has 0 saturated carbocycles. The molecule has 1 amide bonds. The van der Waals surface area contributed by atoms with Crippen LogP contribution in [0.2, 0.25) is 10.0 Å². The number of ether oxygens (including phenoxy) is 1. The smallest absolute Gasteiger partial charge is 0.228 e. The van der Waals surface area contributed by atoms with Crippen LogP contribution in [0.4, 0.5) is 5.69 Å². The lowest BCUT2D eigenvalue weighted by Gasteiger charge is -2.19. The van der Waals surface area contributed by atoms with Gasteiger partial charge < -0.3 is 9.64 Å². The SMILES string of the molecule is COc1cc(N2CC(S(N)(=O)=O)CC2=O)c(Cl)cc1Cl. The van der Waals surface area contributed by atoms with Gasteiger partial charge in [-0.05, 0) is 6.07 Å². The van der Waals surface area contributed by atoms with Gasteiger partial charge in [-0.2, -0.15) is 0 Å². The Labute approximate surface area is 126 Å². The summed E-state index contributed by atoms with van der Waals surface area (Å²) in [7, 11) is -2.35. The van der Waals surface area contributed by atoms with Crippen molar-refractivity contribution in [2.75, 3.05) is 18.6 Å². The van der Waals surface area contributed by atoms with Crippen molar-refractivity contribution >= 4 is 44.8 Å². The van der Waals surface area contributed by atoms with Crippen molar-refractivity contribution in [3.63, 3.8) is 0 Å².